The molecule has 0 N–H and O–H groups in total. The Labute approximate surface area is 138 Å². The van der Waals surface area contributed by atoms with Crippen molar-refractivity contribution in [3.8, 4) is 11.3 Å². The Morgan fingerprint density at radius 1 is 1.00 bits per heavy atom. The molecule has 2 heteroatoms. The zero-order valence-electron chi connectivity index (χ0n) is 14.9. The zero-order chi connectivity index (χ0) is 16.3. The molecule has 0 fully saturated rings. The van der Waals surface area contributed by atoms with E-state index in [-0.39, 0.29) is 0 Å². The van der Waals surface area contributed by atoms with E-state index in [0.29, 0.717) is 11.8 Å². The van der Waals surface area contributed by atoms with Crippen LogP contribution >= 0.6 is 0 Å². The van der Waals surface area contributed by atoms with E-state index in [4.69, 9.17) is 4.98 Å². The number of hydrogen-bond acceptors (Lipinski definition) is 1. The Bertz CT molecular complexity index is 611. The number of benzene rings is 1. The predicted molar refractivity (Wildman–Crippen MR) is 100 cm³/mol. The molecule has 118 valence electrons. The van der Waals surface area contributed by atoms with E-state index in [1.807, 2.05) is 0 Å². The SMILES string of the molecule is CC(C)C(C)Cc1cc(-c2ccccc2)nc[c]1[Ge]([CH3])([CH3])[CH3]. The predicted octanol–water partition coefficient (Wildman–Crippen LogP) is 5.13. The van der Waals surface area contributed by atoms with Crippen molar-refractivity contribution in [2.45, 2.75) is 44.5 Å². The molecule has 1 atom stereocenters. The van der Waals surface area contributed by atoms with Crippen LogP contribution in [0.25, 0.3) is 11.3 Å². The van der Waals surface area contributed by atoms with E-state index in [1.165, 1.54) is 11.1 Å². The number of rotatable bonds is 5. The van der Waals surface area contributed by atoms with E-state index >= 15 is 0 Å². The molecule has 0 aliphatic heterocycles. The molecule has 1 unspecified atom stereocenters. The number of aromatic nitrogens is 1. The molecule has 0 saturated carbocycles. The molecule has 1 nitrogen and oxygen atoms in total. The molecule has 1 aromatic heterocycles. The molecule has 0 saturated heterocycles. The average Bonchev–Trinajstić information content (AvgIpc) is 2.46. The first-order chi connectivity index (χ1) is 10.3. The Morgan fingerprint density at radius 2 is 1.64 bits per heavy atom. The van der Waals surface area contributed by atoms with Gasteiger partial charge in [0.05, 0.1) is 0 Å². The molecular weight excluding hydrogens is 327 g/mol. The van der Waals surface area contributed by atoms with Gasteiger partial charge in [-0.2, -0.15) is 0 Å². The van der Waals surface area contributed by atoms with E-state index in [1.54, 1.807) is 4.40 Å². The Hall–Kier alpha value is -1.09. The van der Waals surface area contributed by atoms with Gasteiger partial charge in [-0.15, -0.1) is 0 Å². The minimum absolute atomic E-state index is 0.703. The standard InChI is InChI=1S/C20H29GeN/c1-15(2)16(3)12-18-13-20(17-10-8-7-9-11-17)22-14-19(18)21(4,5)6/h7-11,13-16H,12H2,1-6H3. The fourth-order valence-electron chi connectivity index (χ4n) is 2.69. The topological polar surface area (TPSA) is 12.9 Å². The molecule has 1 heterocycles. The van der Waals surface area contributed by atoms with Gasteiger partial charge in [-0.1, -0.05) is 0 Å². The van der Waals surface area contributed by atoms with Crippen molar-refractivity contribution in [3.05, 3.63) is 48.2 Å². The van der Waals surface area contributed by atoms with Crippen molar-refractivity contribution >= 4 is 17.7 Å². The van der Waals surface area contributed by atoms with E-state index in [2.05, 4.69) is 80.6 Å². The van der Waals surface area contributed by atoms with Crippen molar-refractivity contribution in [1.29, 1.82) is 0 Å². The monoisotopic (exact) mass is 357 g/mol. The van der Waals surface area contributed by atoms with Crippen molar-refractivity contribution in [2.24, 2.45) is 11.8 Å². The molecule has 0 spiro atoms. The first kappa shape index (κ1) is 17.3. The van der Waals surface area contributed by atoms with Gasteiger partial charge < -0.3 is 0 Å². The quantitative estimate of drug-likeness (QED) is 0.677. The van der Waals surface area contributed by atoms with Crippen LogP contribution in [0.1, 0.15) is 26.3 Å². The summed E-state index contributed by atoms with van der Waals surface area (Å²) < 4.78 is 1.56. The summed E-state index contributed by atoms with van der Waals surface area (Å²) in [4.78, 5) is 4.78. The van der Waals surface area contributed by atoms with Gasteiger partial charge in [-0.25, -0.2) is 0 Å². The molecule has 22 heavy (non-hydrogen) atoms. The molecule has 0 amide bonds. The van der Waals surface area contributed by atoms with Crippen LogP contribution in [-0.4, -0.2) is 18.3 Å². The molecule has 2 aromatic rings. The molecule has 2 rings (SSSR count). The van der Waals surface area contributed by atoms with Gasteiger partial charge in [-0.05, 0) is 0 Å². The summed E-state index contributed by atoms with van der Waals surface area (Å²) in [5.74, 6) is 8.80. The van der Waals surface area contributed by atoms with Gasteiger partial charge in [0.25, 0.3) is 0 Å². The first-order valence-electron chi connectivity index (χ1n) is 8.34. The summed E-state index contributed by atoms with van der Waals surface area (Å²) in [6.45, 7) is 7.01. The summed E-state index contributed by atoms with van der Waals surface area (Å²) in [6.07, 6.45) is 3.34. The van der Waals surface area contributed by atoms with E-state index < -0.39 is 13.3 Å². The number of hydrogen-bond donors (Lipinski definition) is 0. The van der Waals surface area contributed by atoms with Gasteiger partial charge >= 0.3 is 138 Å². The molecule has 1 aromatic carbocycles. The van der Waals surface area contributed by atoms with Crippen LogP contribution in [0.15, 0.2) is 42.6 Å². The molecule has 0 aliphatic carbocycles. The fraction of sp³-hybridized carbons (Fsp3) is 0.450. The van der Waals surface area contributed by atoms with Crippen LogP contribution in [0.4, 0.5) is 0 Å². The van der Waals surface area contributed by atoms with Crippen molar-refractivity contribution in [3.63, 3.8) is 0 Å². The Morgan fingerprint density at radius 3 is 2.18 bits per heavy atom. The van der Waals surface area contributed by atoms with Gasteiger partial charge in [-0.3, -0.25) is 0 Å². The third-order valence-electron chi connectivity index (χ3n) is 4.55. The second-order valence-corrected chi connectivity index (χ2v) is 18.3. The Balaban J connectivity index is 2.46. The summed E-state index contributed by atoms with van der Waals surface area (Å²) >= 11 is -1.89. The zero-order valence-corrected chi connectivity index (χ0v) is 16.9. The van der Waals surface area contributed by atoms with Crippen LogP contribution in [0.3, 0.4) is 0 Å². The van der Waals surface area contributed by atoms with Crippen molar-refractivity contribution in [2.75, 3.05) is 0 Å². The fourth-order valence-corrected chi connectivity index (χ4v) is 6.03. The van der Waals surface area contributed by atoms with Crippen LogP contribution in [0, 0.1) is 11.8 Å². The summed E-state index contributed by atoms with van der Waals surface area (Å²) in [7, 11) is 0. The van der Waals surface area contributed by atoms with Gasteiger partial charge in [0.1, 0.15) is 0 Å². The summed E-state index contributed by atoms with van der Waals surface area (Å²) in [6, 6.07) is 12.9. The van der Waals surface area contributed by atoms with Gasteiger partial charge in [0, 0.05) is 0 Å². The average molecular weight is 356 g/mol. The maximum absolute atomic E-state index is 4.78. The second-order valence-electron chi connectivity index (χ2n) is 7.77. The van der Waals surface area contributed by atoms with Crippen LogP contribution in [-0.2, 0) is 6.42 Å². The summed E-state index contributed by atoms with van der Waals surface area (Å²) in [5.41, 5.74) is 3.86. The molecule has 0 aliphatic rings. The normalized spacial score (nSPS) is 13.4. The third kappa shape index (κ3) is 4.22. The van der Waals surface area contributed by atoms with Gasteiger partial charge in [0.15, 0.2) is 0 Å². The molecular formula is C20H29GeN. The van der Waals surface area contributed by atoms with Crippen molar-refractivity contribution in [1.82, 2.24) is 4.98 Å². The molecule has 0 bridgehead atoms. The van der Waals surface area contributed by atoms with Crippen LogP contribution in [0.2, 0.25) is 17.3 Å². The molecule has 0 radical (unpaired) electrons. The summed E-state index contributed by atoms with van der Waals surface area (Å²) in [5, 5.41) is 0. The maximum atomic E-state index is 4.78. The van der Waals surface area contributed by atoms with Gasteiger partial charge in [0.2, 0.25) is 0 Å². The first-order valence-corrected chi connectivity index (χ1v) is 15.7. The van der Waals surface area contributed by atoms with Crippen molar-refractivity contribution < 1.29 is 0 Å². The van der Waals surface area contributed by atoms with E-state index in [0.717, 1.165) is 12.1 Å². The second kappa shape index (κ2) is 6.99. The van der Waals surface area contributed by atoms with Crippen LogP contribution < -0.4 is 4.40 Å². The number of pyridine rings is 1. The van der Waals surface area contributed by atoms with Crippen LogP contribution in [0.5, 0.6) is 0 Å². The number of nitrogens with zero attached hydrogens (tertiary/aromatic N) is 1. The van der Waals surface area contributed by atoms with E-state index in [9.17, 15) is 0 Å². The Kier molecular flexibility index (Phi) is 5.49. The third-order valence-corrected chi connectivity index (χ3v) is 8.88. The minimum atomic E-state index is -1.89.